The van der Waals surface area contributed by atoms with Gasteiger partial charge in [0, 0.05) is 10.6 Å². The first-order valence-corrected chi connectivity index (χ1v) is 9.48. The SMILES string of the molecule is CC(C)c1c(-c2ccccc2)csc1-c1ccc2ccc(N)cc2c1. The summed E-state index contributed by atoms with van der Waals surface area (Å²) in [6, 6.07) is 23.4. The number of nitrogens with two attached hydrogens (primary N) is 1. The maximum Gasteiger partial charge on any atom is 0.0383 e. The Kier molecular flexibility index (Phi) is 4.06. The summed E-state index contributed by atoms with van der Waals surface area (Å²) in [5.41, 5.74) is 12.1. The lowest BCUT2D eigenvalue weighted by atomic mass is 9.92. The summed E-state index contributed by atoms with van der Waals surface area (Å²) in [4.78, 5) is 1.36. The van der Waals surface area contributed by atoms with E-state index in [1.54, 1.807) is 0 Å². The van der Waals surface area contributed by atoms with Crippen molar-refractivity contribution in [3.8, 4) is 21.6 Å². The van der Waals surface area contributed by atoms with Gasteiger partial charge in [-0.2, -0.15) is 0 Å². The predicted octanol–water partition coefficient (Wildman–Crippen LogP) is 6.94. The van der Waals surface area contributed by atoms with E-state index in [9.17, 15) is 0 Å². The zero-order valence-corrected chi connectivity index (χ0v) is 15.3. The molecule has 0 atom stereocenters. The molecule has 0 saturated carbocycles. The molecule has 25 heavy (non-hydrogen) atoms. The van der Waals surface area contributed by atoms with E-state index >= 15 is 0 Å². The number of rotatable bonds is 3. The summed E-state index contributed by atoms with van der Waals surface area (Å²) in [7, 11) is 0. The van der Waals surface area contributed by atoms with Crippen LogP contribution in [0.1, 0.15) is 25.3 Å². The average Bonchev–Trinajstić information content (AvgIpc) is 3.07. The molecule has 1 heterocycles. The van der Waals surface area contributed by atoms with E-state index in [0.717, 1.165) is 5.69 Å². The zero-order chi connectivity index (χ0) is 17.4. The highest BCUT2D eigenvalue weighted by atomic mass is 32.1. The fourth-order valence-electron chi connectivity index (χ4n) is 3.41. The van der Waals surface area contributed by atoms with Crippen LogP contribution in [0.15, 0.2) is 72.1 Å². The second kappa shape index (κ2) is 6.38. The zero-order valence-electron chi connectivity index (χ0n) is 14.5. The van der Waals surface area contributed by atoms with Gasteiger partial charge in [0.15, 0.2) is 0 Å². The smallest absolute Gasteiger partial charge is 0.0383 e. The third-order valence-electron chi connectivity index (χ3n) is 4.62. The summed E-state index contributed by atoms with van der Waals surface area (Å²) < 4.78 is 0. The molecule has 0 aliphatic heterocycles. The molecule has 2 heteroatoms. The van der Waals surface area contributed by atoms with Crippen LogP contribution in [0.2, 0.25) is 0 Å². The van der Waals surface area contributed by atoms with Crippen LogP contribution in [0.25, 0.3) is 32.3 Å². The monoisotopic (exact) mass is 343 g/mol. The van der Waals surface area contributed by atoms with Gasteiger partial charge in [-0.1, -0.05) is 62.4 Å². The van der Waals surface area contributed by atoms with Crippen molar-refractivity contribution in [2.24, 2.45) is 0 Å². The van der Waals surface area contributed by atoms with E-state index in [1.165, 1.54) is 37.9 Å². The minimum absolute atomic E-state index is 0.466. The molecule has 1 nitrogen and oxygen atoms in total. The first kappa shape index (κ1) is 15.9. The van der Waals surface area contributed by atoms with Crippen molar-refractivity contribution in [1.82, 2.24) is 0 Å². The fraction of sp³-hybridized carbons (Fsp3) is 0.130. The summed E-state index contributed by atoms with van der Waals surface area (Å²) in [6.45, 7) is 4.55. The summed E-state index contributed by atoms with van der Waals surface area (Å²) in [6.07, 6.45) is 0. The third-order valence-corrected chi connectivity index (χ3v) is 5.66. The molecule has 0 bridgehead atoms. The predicted molar refractivity (Wildman–Crippen MR) is 111 cm³/mol. The Labute approximate surface area is 152 Å². The molecule has 4 rings (SSSR count). The minimum Gasteiger partial charge on any atom is -0.399 e. The Balaban J connectivity index is 1.90. The maximum atomic E-state index is 5.97. The molecule has 0 fully saturated rings. The number of thiophene rings is 1. The Bertz CT molecular complexity index is 1030. The second-order valence-corrected chi connectivity index (χ2v) is 7.61. The molecule has 0 spiro atoms. The molecular weight excluding hydrogens is 322 g/mol. The number of benzene rings is 3. The van der Waals surface area contributed by atoms with Gasteiger partial charge in [-0.15, -0.1) is 11.3 Å². The normalized spacial score (nSPS) is 11.3. The van der Waals surface area contributed by atoms with Crippen LogP contribution in [-0.2, 0) is 0 Å². The van der Waals surface area contributed by atoms with Gasteiger partial charge in [0.25, 0.3) is 0 Å². The molecule has 0 aliphatic rings. The maximum absolute atomic E-state index is 5.97. The quantitative estimate of drug-likeness (QED) is 0.400. The van der Waals surface area contributed by atoms with E-state index in [1.807, 2.05) is 17.4 Å². The van der Waals surface area contributed by atoms with Gasteiger partial charge in [0.05, 0.1) is 0 Å². The number of nitrogen functional groups attached to an aromatic ring is 1. The van der Waals surface area contributed by atoms with Crippen molar-refractivity contribution in [2.45, 2.75) is 19.8 Å². The third kappa shape index (κ3) is 2.94. The number of hydrogen-bond acceptors (Lipinski definition) is 2. The lowest BCUT2D eigenvalue weighted by Crippen LogP contribution is -1.91. The average molecular weight is 343 g/mol. The molecule has 3 aromatic carbocycles. The molecule has 124 valence electrons. The first-order valence-electron chi connectivity index (χ1n) is 8.60. The Morgan fingerprint density at radius 3 is 2.32 bits per heavy atom. The van der Waals surface area contributed by atoms with Crippen LogP contribution in [0, 0.1) is 0 Å². The number of hydrogen-bond donors (Lipinski definition) is 1. The first-order chi connectivity index (χ1) is 12.1. The van der Waals surface area contributed by atoms with Gasteiger partial charge in [0.2, 0.25) is 0 Å². The fourth-order valence-corrected chi connectivity index (χ4v) is 4.65. The summed E-state index contributed by atoms with van der Waals surface area (Å²) in [5.74, 6) is 0.466. The molecule has 0 saturated heterocycles. The number of anilines is 1. The topological polar surface area (TPSA) is 26.0 Å². The molecule has 4 aromatic rings. The highest BCUT2D eigenvalue weighted by Crippen LogP contribution is 2.42. The second-order valence-electron chi connectivity index (χ2n) is 6.73. The Morgan fingerprint density at radius 2 is 1.56 bits per heavy atom. The van der Waals surface area contributed by atoms with Crippen LogP contribution in [0.3, 0.4) is 0 Å². The lowest BCUT2D eigenvalue weighted by Gasteiger charge is -2.12. The molecule has 0 unspecified atom stereocenters. The van der Waals surface area contributed by atoms with Crippen molar-refractivity contribution >= 4 is 27.8 Å². The lowest BCUT2D eigenvalue weighted by molar-refractivity contribution is 0.876. The Hall–Kier alpha value is -2.58. The molecule has 2 N–H and O–H groups in total. The molecule has 1 aromatic heterocycles. The van der Waals surface area contributed by atoms with E-state index in [2.05, 4.69) is 79.9 Å². The molecule has 0 aliphatic carbocycles. The number of fused-ring (bicyclic) bond motifs is 1. The van der Waals surface area contributed by atoms with Crippen molar-refractivity contribution in [3.05, 3.63) is 77.7 Å². The van der Waals surface area contributed by atoms with Gasteiger partial charge in [0.1, 0.15) is 0 Å². The standard InChI is InChI=1S/C23H21NS/c1-15(2)22-21(17-6-4-3-5-7-17)14-25-23(22)18-9-8-16-10-11-20(24)13-19(16)12-18/h3-15H,24H2,1-2H3. The van der Waals surface area contributed by atoms with Crippen molar-refractivity contribution < 1.29 is 0 Å². The van der Waals surface area contributed by atoms with E-state index in [0.29, 0.717) is 5.92 Å². The van der Waals surface area contributed by atoms with Crippen molar-refractivity contribution in [1.29, 1.82) is 0 Å². The van der Waals surface area contributed by atoms with Crippen molar-refractivity contribution in [2.75, 3.05) is 5.73 Å². The van der Waals surface area contributed by atoms with Gasteiger partial charge in [-0.05, 0) is 62.5 Å². The van der Waals surface area contributed by atoms with Crippen LogP contribution in [0.5, 0.6) is 0 Å². The minimum atomic E-state index is 0.466. The largest absolute Gasteiger partial charge is 0.399 e. The Morgan fingerprint density at radius 1 is 0.800 bits per heavy atom. The highest BCUT2D eigenvalue weighted by Gasteiger charge is 2.17. The van der Waals surface area contributed by atoms with Crippen LogP contribution in [0.4, 0.5) is 5.69 Å². The van der Waals surface area contributed by atoms with Crippen LogP contribution >= 0.6 is 11.3 Å². The van der Waals surface area contributed by atoms with E-state index < -0.39 is 0 Å². The summed E-state index contributed by atoms with van der Waals surface area (Å²) >= 11 is 1.83. The van der Waals surface area contributed by atoms with Crippen molar-refractivity contribution in [3.63, 3.8) is 0 Å². The van der Waals surface area contributed by atoms with Gasteiger partial charge in [-0.25, -0.2) is 0 Å². The van der Waals surface area contributed by atoms with E-state index in [4.69, 9.17) is 5.73 Å². The molecular formula is C23H21NS. The summed E-state index contributed by atoms with van der Waals surface area (Å²) in [5, 5.41) is 4.72. The molecule has 0 amide bonds. The van der Waals surface area contributed by atoms with Crippen LogP contribution in [-0.4, -0.2) is 0 Å². The molecule has 0 radical (unpaired) electrons. The van der Waals surface area contributed by atoms with Crippen LogP contribution < -0.4 is 5.73 Å². The van der Waals surface area contributed by atoms with E-state index in [-0.39, 0.29) is 0 Å². The van der Waals surface area contributed by atoms with Gasteiger partial charge < -0.3 is 5.73 Å². The van der Waals surface area contributed by atoms with Gasteiger partial charge in [-0.3, -0.25) is 0 Å². The van der Waals surface area contributed by atoms with Gasteiger partial charge >= 0.3 is 0 Å². The highest BCUT2D eigenvalue weighted by molar-refractivity contribution is 7.14.